The van der Waals surface area contributed by atoms with Crippen LogP contribution in [-0.4, -0.2) is 4.40 Å². The van der Waals surface area contributed by atoms with Crippen LogP contribution in [-0.2, 0) is 11.8 Å². The number of halogens is 2. The van der Waals surface area contributed by atoms with Crippen molar-refractivity contribution >= 4 is 73.5 Å². The molecule has 2 nitrogen and oxygen atoms in total. The average Bonchev–Trinajstić information content (AvgIpc) is 3.65. The summed E-state index contributed by atoms with van der Waals surface area (Å²) in [5, 5.41) is 4.97. The lowest BCUT2D eigenvalue weighted by Crippen LogP contribution is -2.16. The molecule has 1 aliphatic rings. The summed E-state index contributed by atoms with van der Waals surface area (Å²) < 4.78 is 2.44. The molecule has 8 aromatic rings. The SMILES string of the molecule is CC(C)(C)c1cc(-c2ccccc2)c(N(c2cccc(Cl)c2)c2cc(Cl)c3c4c(n5c6ccccc6c2c35)C=CCC4)c(-c2ccccc2)c1. The smallest absolute Gasteiger partial charge is 0.0653 e. The van der Waals surface area contributed by atoms with Crippen molar-refractivity contribution in [1.29, 1.82) is 0 Å². The van der Waals surface area contributed by atoms with E-state index in [-0.39, 0.29) is 5.41 Å². The molecule has 0 radical (unpaired) electrons. The Kier molecular flexibility index (Phi) is 7.31. The van der Waals surface area contributed by atoms with Gasteiger partial charge in [0.25, 0.3) is 0 Å². The van der Waals surface area contributed by atoms with Crippen molar-refractivity contribution in [2.45, 2.75) is 39.0 Å². The van der Waals surface area contributed by atoms with E-state index in [0.717, 1.165) is 62.6 Å². The molecule has 50 heavy (non-hydrogen) atoms. The van der Waals surface area contributed by atoms with Crippen molar-refractivity contribution in [1.82, 2.24) is 4.40 Å². The van der Waals surface area contributed by atoms with E-state index in [1.807, 2.05) is 12.1 Å². The number of nitrogens with zero attached hydrogens (tertiary/aromatic N) is 2. The van der Waals surface area contributed by atoms with Crippen LogP contribution >= 0.6 is 23.2 Å². The second-order valence-electron chi connectivity index (χ2n) is 14.4. The number of hydrogen-bond acceptors (Lipinski definition) is 1. The molecule has 0 bridgehead atoms. The zero-order valence-corrected chi connectivity index (χ0v) is 29.9. The summed E-state index contributed by atoms with van der Waals surface area (Å²) in [6.07, 6.45) is 6.55. The fourth-order valence-corrected chi connectivity index (χ4v) is 8.42. The maximum absolute atomic E-state index is 7.51. The van der Waals surface area contributed by atoms with Gasteiger partial charge in [-0.25, -0.2) is 0 Å². The molecule has 0 atom stereocenters. The number of hydrogen-bond donors (Lipinski definition) is 0. The van der Waals surface area contributed by atoms with Crippen molar-refractivity contribution < 1.29 is 0 Å². The maximum Gasteiger partial charge on any atom is 0.0653 e. The lowest BCUT2D eigenvalue weighted by Gasteiger charge is -2.33. The van der Waals surface area contributed by atoms with Crippen LogP contribution in [0, 0.1) is 0 Å². The highest BCUT2D eigenvalue weighted by molar-refractivity contribution is 6.39. The number of anilines is 3. The third-order valence-corrected chi connectivity index (χ3v) is 10.8. The van der Waals surface area contributed by atoms with E-state index in [1.54, 1.807) is 0 Å². The fraction of sp³-hybridized carbons (Fsp3) is 0.130. The Hall–Kier alpha value is -5.02. The largest absolute Gasteiger partial charge is 0.308 e. The van der Waals surface area contributed by atoms with E-state index in [2.05, 4.69) is 157 Å². The van der Waals surface area contributed by atoms with Gasteiger partial charge in [-0.15, -0.1) is 0 Å². The molecule has 6 aromatic carbocycles. The molecule has 0 fully saturated rings. The topological polar surface area (TPSA) is 7.65 Å². The lowest BCUT2D eigenvalue weighted by atomic mass is 9.82. The number of allylic oxidation sites excluding steroid dienone is 1. The van der Waals surface area contributed by atoms with E-state index in [0.29, 0.717) is 5.02 Å². The summed E-state index contributed by atoms with van der Waals surface area (Å²) in [5.74, 6) is 0. The molecule has 0 unspecified atom stereocenters. The minimum atomic E-state index is -0.0882. The minimum Gasteiger partial charge on any atom is -0.308 e. The Balaban J connectivity index is 1.50. The number of benzene rings is 6. The van der Waals surface area contributed by atoms with Crippen LogP contribution in [0.4, 0.5) is 17.1 Å². The summed E-state index contributed by atoms with van der Waals surface area (Å²) >= 11 is 14.4. The Morgan fingerprint density at radius 3 is 2.00 bits per heavy atom. The van der Waals surface area contributed by atoms with Gasteiger partial charge < -0.3 is 9.30 Å². The highest BCUT2D eigenvalue weighted by Crippen LogP contribution is 2.54. The quantitative estimate of drug-likeness (QED) is 0.175. The predicted molar refractivity (Wildman–Crippen MR) is 215 cm³/mol. The van der Waals surface area contributed by atoms with Crippen LogP contribution in [0.3, 0.4) is 0 Å². The van der Waals surface area contributed by atoms with Gasteiger partial charge in [0.1, 0.15) is 0 Å². The molecule has 1 aliphatic carbocycles. The molecule has 2 aromatic heterocycles. The molecule has 4 heteroatoms. The average molecular weight is 688 g/mol. The van der Waals surface area contributed by atoms with Crippen molar-refractivity contribution in [3.63, 3.8) is 0 Å². The van der Waals surface area contributed by atoms with Gasteiger partial charge in [0.15, 0.2) is 0 Å². The molecule has 0 amide bonds. The number of rotatable bonds is 5. The summed E-state index contributed by atoms with van der Waals surface area (Å²) in [7, 11) is 0. The van der Waals surface area contributed by atoms with Crippen LogP contribution in [0.5, 0.6) is 0 Å². The zero-order valence-electron chi connectivity index (χ0n) is 28.3. The third-order valence-electron chi connectivity index (χ3n) is 10.2. The second-order valence-corrected chi connectivity index (χ2v) is 15.2. The lowest BCUT2D eigenvalue weighted by molar-refractivity contribution is 0.591. The molecule has 244 valence electrons. The van der Waals surface area contributed by atoms with Gasteiger partial charge in [-0.1, -0.05) is 135 Å². The highest BCUT2D eigenvalue weighted by Gasteiger charge is 2.31. The van der Waals surface area contributed by atoms with Gasteiger partial charge in [0, 0.05) is 43.7 Å². The Morgan fingerprint density at radius 1 is 0.680 bits per heavy atom. The van der Waals surface area contributed by atoms with E-state index in [9.17, 15) is 0 Å². The van der Waals surface area contributed by atoms with E-state index >= 15 is 0 Å². The van der Waals surface area contributed by atoms with E-state index in [1.165, 1.54) is 38.6 Å². The van der Waals surface area contributed by atoms with E-state index in [4.69, 9.17) is 23.2 Å². The normalized spacial score (nSPS) is 13.1. The molecular formula is C46H36Cl2N2. The summed E-state index contributed by atoms with van der Waals surface area (Å²) in [5.41, 5.74) is 13.7. The molecular weight excluding hydrogens is 651 g/mol. The standard InChI is InChI=1S/C46H36Cl2N2/c1-46(2,3)31-25-36(29-15-6-4-7-16-29)44(37(26-31)30-17-8-5-9-18-30)49(33-20-14-19-32(47)27-33)41-28-38(48)42-34-21-10-12-23-39(34)50-40-24-13-11-22-35(40)43(41)45(42)50/h4-9,11-20,22-28H,10,21H2,1-3H3. The molecule has 2 heterocycles. The first-order valence-electron chi connectivity index (χ1n) is 17.3. The molecule has 9 rings (SSSR count). The summed E-state index contributed by atoms with van der Waals surface area (Å²) in [6.45, 7) is 6.86. The Labute approximate surface area is 303 Å². The molecule has 0 saturated heterocycles. The minimum absolute atomic E-state index is 0.0882. The first-order chi connectivity index (χ1) is 24.3. The number of aryl methyl sites for hydroxylation is 1. The fourth-order valence-electron chi connectivity index (χ4n) is 7.93. The maximum atomic E-state index is 7.51. The highest BCUT2D eigenvalue weighted by atomic mass is 35.5. The van der Waals surface area contributed by atoms with Crippen molar-refractivity contribution in [2.75, 3.05) is 4.90 Å². The third kappa shape index (κ3) is 4.85. The van der Waals surface area contributed by atoms with Crippen LogP contribution in [0.1, 0.15) is 44.0 Å². The van der Waals surface area contributed by atoms with E-state index < -0.39 is 0 Å². The van der Waals surface area contributed by atoms with Gasteiger partial charge in [-0.3, -0.25) is 0 Å². The molecule has 0 saturated carbocycles. The van der Waals surface area contributed by atoms with Gasteiger partial charge >= 0.3 is 0 Å². The van der Waals surface area contributed by atoms with Crippen molar-refractivity contribution in [3.05, 3.63) is 160 Å². The predicted octanol–water partition coefficient (Wildman–Crippen LogP) is 14.1. The van der Waals surface area contributed by atoms with Crippen LogP contribution in [0.15, 0.2) is 133 Å². The summed E-state index contributed by atoms with van der Waals surface area (Å²) in [6, 6.07) is 45.5. The Bertz CT molecular complexity index is 2530. The second kappa shape index (κ2) is 11.8. The number of para-hydroxylation sites is 1. The number of aromatic nitrogens is 1. The Morgan fingerprint density at radius 2 is 1.34 bits per heavy atom. The van der Waals surface area contributed by atoms with Gasteiger partial charge in [-0.05, 0) is 89.1 Å². The van der Waals surface area contributed by atoms with Gasteiger partial charge in [0.2, 0.25) is 0 Å². The zero-order chi connectivity index (χ0) is 34.1. The first kappa shape index (κ1) is 31.0. The number of fused-ring (bicyclic) bond motifs is 6. The first-order valence-corrected chi connectivity index (χ1v) is 18.1. The molecule has 0 aliphatic heterocycles. The summed E-state index contributed by atoms with van der Waals surface area (Å²) in [4.78, 5) is 2.41. The monoisotopic (exact) mass is 686 g/mol. The van der Waals surface area contributed by atoms with Gasteiger partial charge in [-0.2, -0.15) is 0 Å². The van der Waals surface area contributed by atoms with Crippen molar-refractivity contribution in [3.8, 4) is 22.3 Å². The van der Waals surface area contributed by atoms with Crippen LogP contribution in [0.2, 0.25) is 10.0 Å². The van der Waals surface area contributed by atoms with Crippen LogP contribution < -0.4 is 4.90 Å². The van der Waals surface area contributed by atoms with Gasteiger partial charge in [0.05, 0.1) is 27.4 Å². The van der Waals surface area contributed by atoms with Crippen LogP contribution in [0.25, 0.3) is 55.5 Å². The molecule has 0 spiro atoms. The van der Waals surface area contributed by atoms with Crippen molar-refractivity contribution in [2.24, 2.45) is 0 Å². The molecule has 0 N–H and O–H groups in total.